The summed E-state index contributed by atoms with van der Waals surface area (Å²) in [7, 11) is -2.17. The Hall–Kier alpha value is -2.43. The van der Waals surface area contributed by atoms with Gasteiger partial charge < -0.3 is 0 Å². The van der Waals surface area contributed by atoms with Gasteiger partial charge in [-0.2, -0.15) is 0 Å². The molecule has 0 heterocycles. The third-order valence-corrected chi connectivity index (χ3v) is 9.77. The summed E-state index contributed by atoms with van der Waals surface area (Å²) in [6.45, 7) is 8.08. The molecule has 0 saturated heterocycles. The molecule has 0 aliphatic carbocycles. The molecule has 0 unspecified atom stereocenters. The first-order chi connectivity index (χ1) is 12.3. The molecule has 0 amide bonds. The second-order valence-electron chi connectivity index (χ2n) is 6.28. The van der Waals surface area contributed by atoms with Crippen molar-refractivity contribution in [3.8, 4) is 0 Å². The summed E-state index contributed by atoms with van der Waals surface area (Å²) >= 11 is 0. The molecule has 0 bridgehead atoms. The van der Waals surface area contributed by atoms with Crippen LogP contribution in [0.15, 0.2) is 110 Å². The second-order valence-corrected chi connectivity index (χ2v) is 10.2. The molecule has 0 aliphatic heterocycles. The second kappa shape index (κ2) is 8.10. The topological polar surface area (TPSA) is 0 Å². The summed E-state index contributed by atoms with van der Waals surface area (Å²) in [4.78, 5) is 0. The van der Waals surface area contributed by atoms with E-state index in [-0.39, 0.29) is 0 Å². The van der Waals surface area contributed by atoms with Gasteiger partial charge in [0.1, 0.15) is 0 Å². The minimum atomic E-state index is -2.17. The summed E-state index contributed by atoms with van der Waals surface area (Å²) in [5.41, 5.74) is 1.37. The molecule has 0 aromatic heterocycles. The van der Waals surface area contributed by atoms with E-state index in [9.17, 15) is 0 Å². The van der Waals surface area contributed by atoms with Gasteiger partial charge in [-0.3, -0.25) is 0 Å². The average Bonchev–Trinajstić information content (AvgIpc) is 2.68. The molecular formula is C24H25P. The van der Waals surface area contributed by atoms with Gasteiger partial charge in [0.05, 0.1) is 0 Å². The molecular weight excluding hydrogens is 319 g/mol. The van der Waals surface area contributed by atoms with Crippen molar-refractivity contribution in [3.05, 3.63) is 116 Å². The molecule has 0 nitrogen and oxygen atoms in total. The van der Waals surface area contributed by atoms with Crippen molar-refractivity contribution >= 4 is 23.2 Å². The fourth-order valence-electron chi connectivity index (χ4n) is 3.76. The predicted molar refractivity (Wildman–Crippen MR) is 116 cm³/mol. The van der Waals surface area contributed by atoms with Crippen LogP contribution in [0.25, 0.3) is 0 Å². The zero-order valence-corrected chi connectivity index (χ0v) is 15.6. The van der Waals surface area contributed by atoms with E-state index in [0.29, 0.717) is 0 Å². The number of allylic oxidation sites excluding steroid dienone is 2. The Bertz CT molecular complexity index is 795. The molecule has 0 saturated carbocycles. The van der Waals surface area contributed by atoms with Gasteiger partial charge >= 0.3 is 152 Å². The van der Waals surface area contributed by atoms with E-state index in [4.69, 9.17) is 0 Å². The van der Waals surface area contributed by atoms with Gasteiger partial charge in [0.15, 0.2) is 0 Å². The molecule has 0 atom stereocenters. The van der Waals surface area contributed by atoms with E-state index >= 15 is 0 Å². The molecule has 0 aliphatic rings. The van der Waals surface area contributed by atoms with Crippen LogP contribution in [0.5, 0.6) is 0 Å². The van der Waals surface area contributed by atoms with Crippen molar-refractivity contribution in [3.63, 3.8) is 0 Å². The maximum absolute atomic E-state index is 4.11. The van der Waals surface area contributed by atoms with Crippen LogP contribution < -0.4 is 15.9 Å². The fourth-order valence-corrected chi connectivity index (χ4v) is 8.47. The van der Waals surface area contributed by atoms with Gasteiger partial charge in [0, 0.05) is 0 Å². The summed E-state index contributed by atoms with van der Waals surface area (Å²) in [5, 5.41) is 4.32. The van der Waals surface area contributed by atoms with E-state index in [0.717, 1.165) is 12.6 Å². The normalized spacial score (nSPS) is 11.7. The molecule has 3 rings (SSSR count). The van der Waals surface area contributed by atoms with Crippen LogP contribution in [-0.4, -0.2) is 6.16 Å². The number of rotatable bonds is 7. The number of benzene rings is 3. The first kappa shape index (κ1) is 17.4. The third kappa shape index (κ3) is 3.36. The monoisotopic (exact) mass is 344 g/mol. The number of hydrogen-bond acceptors (Lipinski definition) is 0. The van der Waals surface area contributed by atoms with Gasteiger partial charge in [-0.05, 0) is 0 Å². The van der Waals surface area contributed by atoms with Crippen LogP contribution in [0.1, 0.15) is 5.56 Å². The molecule has 3 aromatic rings. The van der Waals surface area contributed by atoms with Crippen LogP contribution in [0.3, 0.4) is 0 Å². The van der Waals surface area contributed by atoms with E-state index in [2.05, 4.69) is 104 Å². The Morgan fingerprint density at radius 1 is 0.640 bits per heavy atom. The molecule has 0 N–H and O–H groups in total. The van der Waals surface area contributed by atoms with Crippen LogP contribution in [0.2, 0.25) is 0 Å². The van der Waals surface area contributed by atoms with Crippen LogP contribution >= 0.6 is 7.26 Å². The summed E-state index contributed by atoms with van der Waals surface area (Å²) in [5.74, 6) is 0. The Labute approximate surface area is 151 Å². The van der Waals surface area contributed by atoms with Crippen molar-refractivity contribution in [2.75, 3.05) is 6.16 Å². The van der Waals surface area contributed by atoms with E-state index in [1.165, 1.54) is 21.5 Å². The molecule has 1 heteroatoms. The average molecular weight is 344 g/mol. The van der Waals surface area contributed by atoms with Crippen LogP contribution in [-0.2, 0) is 6.42 Å². The number of hydrogen-bond donors (Lipinski definition) is 0. The quantitative estimate of drug-likeness (QED) is 0.433. The van der Waals surface area contributed by atoms with Gasteiger partial charge in [-0.15, -0.1) is 0 Å². The molecule has 0 spiro atoms. The summed E-state index contributed by atoms with van der Waals surface area (Å²) in [6, 6.07) is 30.8. The predicted octanol–water partition coefficient (Wildman–Crippen LogP) is 4.63. The zero-order valence-electron chi connectivity index (χ0n) is 14.6. The minimum absolute atomic E-state index is 0.891. The SMILES string of the molecule is C=CCc1ccccc1[PH](CC=C)(c1ccccc1)c1ccccc1. The molecule has 3 aromatic carbocycles. The Kier molecular flexibility index (Phi) is 5.64. The van der Waals surface area contributed by atoms with Crippen molar-refractivity contribution in [1.29, 1.82) is 0 Å². The molecule has 25 heavy (non-hydrogen) atoms. The summed E-state index contributed by atoms with van der Waals surface area (Å²) in [6.07, 6.45) is 5.97. The Morgan fingerprint density at radius 3 is 1.68 bits per heavy atom. The van der Waals surface area contributed by atoms with Crippen molar-refractivity contribution in [2.45, 2.75) is 6.42 Å². The van der Waals surface area contributed by atoms with E-state index in [1.54, 1.807) is 0 Å². The van der Waals surface area contributed by atoms with Gasteiger partial charge in [0.25, 0.3) is 0 Å². The third-order valence-electron chi connectivity index (χ3n) is 4.83. The fraction of sp³-hybridized carbons (Fsp3) is 0.0833. The van der Waals surface area contributed by atoms with Crippen LogP contribution in [0, 0.1) is 0 Å². The zero-order chi connectivity index (χ0) is 17.5. The van der Waals surface area contributed by atoms with Gasteiger partial charge in [-0.1, -0.05) is 0 Å². The van der Waals surface area contributed by atoms with Gasteiger partial charge in [0.2, 0.25) is 0 Å². The first-order valence-electron chi connectivity index (χ1n) is 8.74. The molecule has 126 valence electrons. The first-order valence-corrected chi connectivity index (χ1v) is 10.9. The Morgan fingerprint density at radius 2 is 1.16 bits per heavy atom. The molecule has 0 radical (unpaired) electrons. The maximum atomic E-state index is 4.11. The van der Waals surface area contributed by atoms with Crippen LogP contribution in [0.4, 0.5) is 0 Å². The molecule has 0 fully saturated rings. The Balaban J connectivity index is 2.36. The van der Waals surface area contributed by atoms with Crippen molar-refractivity contribution in [1.82, 2.24) is 0 Å². The van der Waals surface area contributed by atoms with Gasteiger partial charge in [-0.25, -0.2) is 0 Å². The van der Waals surface area contributed by atoms with E-state index < -0.39 is 7.26 Å². The van der Waals surface area contributed by atoms with Crippen molar-refractivity contribution in [2.24, 2.45) is 0 Å². The standard InChI is InChI=1S/C24H25P/c1-3-13-21-14-11-12-19-24(21)25(20-4-2,22-15-7-5-8-16-22)23-17-9-6-10-18-23/h3-12,14-19,25H,1-2,13,20H2. The summed E-state index contributed by atoms with van der Waals surface area (Å²) < 4.78 is 0. The van der Waals surface area contributed by atoms with Crippen molar-refractivity contribution < 1.29 is 0 Å². The van der Waals surface area contributed by atoms with E-state index in [1.807, 2.05) is 6.08 Å².